The summed E-state index contributed by atoms with van der Waals surface area (Å²) < 4.78 is 0. The fourth-order valence-electron chi connectivity index (χ4n) is 0.956. The molecule has 0 spiro atoms. The first-order valence-electron chi connectivity index (χ1n) is 7.58. The smallest absolute Gasteiger partial charge is 0.396 e. The zero-order chi connectivity index (χ0) is 17.1. The zero-order valence-electron chi connectivity index (χ0n) is 14.4. The molecule has 2 aromatic rings. The van der Waals surface area contributed by atoms with Gasteiger partial charge in [0.15, 0.2) is 0 Å². The maximum absolute atomic E-state index is 7.88. The van der Waals surface area contributed by atoms with Crippen LogP contribution in [0.1, 0.15) is 37.8 Å². The number of hydrogen-bond donors (Lipinski definition) is 2. The Balaban J connectivity index is -0.000000238. The van der Waals surface area contributed by atoms with Gasteiger partial charge in [0, 0.05) is 13.2 Å². The molecule has 0 aliphatic heterocycles. The molecule has 0 aliphatic carbocycles. The van der Waals surface area contributed by atoms with Crippen molar-refractivity contribution < 1.29 is 31.9 Å². The molecule has 0 saturated carbocycles. The Morgan fingerprint density at radius 1 is 0.652 bits per heavy atom. The molecule has 126 valence electrons. The second-order valence-electron chi connectivity index (χ2n) is 4.42. The summed E-state index contributed by atoms with van der Waals surface area (Å²) in [5, 5.41) is 15.8. The molecule has 0 fully saturated rings. The Kier molecular flexibility index (Phi) is 26.8. The molecule has 0 aromatic heterocycles. The van der Waals surface area contributed by atoms with Crippen LogP contribution in [-0.2, 0) is 21.7 Å². The maximum Gasteiger partial charge on any atom is 2.00 e. The van der Waals surface area contributed by atoms with Crippen molar-refractivity contribution in [1.82, 2.24) is 0 Å². The molecule has 0 radical (unpaired) electrons. The SMILES string of the molecule is CCCO.CCCO.[CH2-]c1ccccc1.[CH2-]c1ccccc1.[Ti+2]. The van der Waals surface area contributed by atoms with E-state index in [0.717, 1.165) is 24.0 Å². The minimum atomic E-state index is 0. The van der Waals surface area contributed by atoms with Gasteiger partial charge in [-0.1, -0.05) is 26.0 Å². The van der Waals surface area contributed by atoms with E-state index in [4.69, 9.17) is 10.2 Å². The van der Waals surface area contributed by atoms with Crippen molar-refractivity contribution in [2.45, 2.75) is 26.7 Å². The van der Waals surface area contributed by atoms with E-state index in [9.17, 15) is 0 Å². The van der Waals surface area contributed by atoms with Crippen LogP contribution in [-0.4, -0.2) is 23.4 Å². The molecule has 0 unspecified atom stereocenters. The number of aliphatic hydroxyl groups is 2. The van der Waals surface area contributed by atoms with Gasteiger partial charge in [0.2, 0.25) is 0 Å². The van der Waals surface area contributed by atoms with E-state index < -0.39 is 0 Å². The summed E-state index contributed by atoms with van der Waals surface area (Å²) in [5.74, 6) is 0. The van der Waals surface area contributed by atoms with Crippen molar-refractivity contribution in [2.24, 2.45) is 0 Å². The summed E-state index contributed by atoms with van der Waals surface area (Å²) in [6.07, 6.45) is 1.75. The standard InChI is InChI=1S/2C7H7.2C3H8O.Ti/c2*1-7-5-3-2-4-6-7;2*1-2-3-4;/h2*2-6H,1H2;2*4H,2-3H2,1H3;/q2*-1;;;+2. The summed E-state index contributed by atoms with van der Waals surface area (Å²) in [4.78, 5) is 0. The van der Waals surface area contributed by atoms with E-state index in [1.807, 2.05) is 74.5 Å². The largest absolute Gasteiger partial charge is 2.00 e. The van der Waals surface area contributed by atoms with Crippen molar-refractivity contribution in [3.8, 4) is 0 Å². The van der Waals surface area contributed by atoms with Crippen LogP contribution in [0.5, 0.6) is 0 Å². The predicted octanol–water partition coefficient (Wildman–Crippen LogP) is 4.51. The zero-order valence-corrected chi connectivity index (χ0v) is 16.0. The first kappa shape index (κ1) is 26.7. The van der Waals surface area contributed by atoms with Crippen LogP contribution in [0.15, 0.2) is 60.7 Å². The molecule has 2 nitrogen and oxygen atoms in total. The summed E-state index contributed by atoms with van der Waals surface area (Å²) in [6.45, 7) is 11.9. The average Bonchev–Trinajstić information content (AvgIpc) is 2.57. The number of aliphatic hydroxyl groups excluding tert-OH is 2. The summed E-state index contributed by atoms with van der Waals surface area (Å²) in [7, 11) is 0. The molecule has 23 heavy (non-hydrogen) atoms. The summed E-state index contributed by atoms with van der Waals surface area (Å²) in [6, 6.07) is 19.7. The minimum absolute atomic E-state index is 0. The third-order valence-electron chi connectivity index (χ3n) is 2.13. The maximum atomic E-state index is 7.88. The first-order chi connectivity index (χ1) is 10.6. The van der Waals surface area contributed by atoms with Crippen LogP contribution < -0.4 is 0 Å². The first-order valence-corrected chi connectivity index (χ1v) is 7.58. The van der Waals surface area contributed by atoms with Crippen LogP contribution in [0.3, 0.4) is 0 Å². The Morgan fingerprint density at radius 3 is 0.957 bits per heavy atom. The van der Waals surface area contributed by atoms with Gasteiger partial charge in [0.05, 0.1) is 0 Å². The van der Waals surface area contributed by atoms with Gasteiger partial charge in [-0.05, 0) is 12.8 Å². The molecule has 2 rings (SSSR count). The van der Waals surface area contributed by atoms with Crippen molar-refractivity contribution in [3.63, 3.8) is 0 Å². The van der Waals surface area contributed by atoms with Crippen molar-refractivity contribution in [1.29, 1.82) is 0 Å². The molecule has 0 bridgehead atoms. The van der Waals surface area contributed by atoms with Gasteiger partial charge in [-0.3, -0.25) is 0 Å². The number of hydrogen-bond acceptors (Lipinski definition) is 2. The molecular formula is C20H30O2Ti. The predicted molar refractivity (Wildman–Crippen MR) is 96.6 cm³/mol. The summed E-state index contributed by atoms with van der Waals surface area (Å²) >= 11 is 0. The molecule has 0 saturated heterocycles. The van der Waals surface area contributed by atoms with Crippen molar-refractivity contribution in [3.05, 3.63) is 85.6 Å². The monoisotopic (exact) mass is 350 g/mol. The molecular weight excluding hydrogens is 320 g/mol. The molecule has 0 heterocycles. The van der Waals surface area contributed by atoms with Gasteiger partial charge in [-0.2, -0.15) is 49.2 Å². The third kappa shape index (κ3) is 26.1. The van der Waals surface area contributed by atoms with Crippen LogP contribution in [0.2, 0.25) is 0 Å². The Labute approximate surface area is 157 Å². The summed E-state index contributed by atoms with van der Waals surface area (Å²) in [5.41, 5.74) is 2.14. The quantitative estimate of drug-likeness (QED) is 0.618. The van der Waals surface area contributed by atoms with Crippen LogP contribution in [0.25, 0.3) is 0 Å². The van der Waals surface area contributed by atoms with Crippen LogP contribution >= 0.6 is 0 Å². The fraction of sp³-hybridized carbons (Fsp3) is 0.300. The molecule has 2 aromatic carbocycles. The third-order valence-corrected chi connectivity index (χ3v) is 2.13. The average molecular weight is 350 g/mol. The second kappa shape index (κ2) is 23.1. The molecule has 0 atom stereocenters. The second-order valence-corrected chi connectivity index (χ2v) is 4.42. The Hall–Kier alpha value is -1.19. The van der Waals surface area contributed by atoms with E-state index in [0.29, 0.717) is 13.2 Å². The van der Waals surface area contributed by atoms with Gasteiger partial charge in [-0.15, -0.1) is 24.3 Å². The minimum Gasteiger partial charge on any atom is -0.396 e. The topological polar surface area (TPSA) is 40.5 Å². The van der Waals surface area contributed by atoms with Crippen molar-refractivity contribution >= 4 is 0 Å². The van der Waals surface area contributed by atoms with Crippen molar-refractivity contribution in [2.75, 3.05) is 13.2 Å². The van der Waals surface area contributed by atoms with E-state index in [2.05, 4.69) is 13.8 Å². The van der Waals surface area contributed by atoms with Crippen LogP contribution in [0.4, 0.5) is 0 Å². The molecule has 3 heteroatoms. The van der Waals surface area contributed by atoms with Crippen LogP contribution in [0, 0.1) is 13.8 Å². The molecule has 2 N–H and O–H groups in total. The van der Waals surface area contributed by atoms with Gasteiger partial charge in [-0.25, -0.2) is 0 Å². The normalized spacial score (nSPS) is 7.83. The number of benzene rings is 2. The van der Waals surface area contributed by atoms with E-state index in [1.54, 1.807) is 0 Å². The number of rotatable bonds is 2. The van der Waals surface area contributed by atoms with Gasteiger partial charge in [0.25, 0.3) is 0 Å². The van der Waals surface area contributed by atoms with Gasteiger partial charge < -0.3 is 10.2 Å². The Bertz CT molecular complexity index is 359. The van der Waals surface area contributed by atoms with E-state index in [-0.39, 0.29) is 21.7 Å². The van der Waals surface area contributed by atoms with Gasteiger partial charge in [0.1, 0.15) is 0 Å². The molecule has 0 aliphatic rings. The fourth-order valence-corrected chi connectivity index (χ4v) is 0.956. The Morgan fingerprint density at radius 2 is 0.870 bits per heavy atom. The molecule has 0 amide bonds. The van der Waals surface area contributed by atoms with Gasteiger partial charge >= 0.3 is 21.7 Å². The van der Waals surface area contributed by atoms with E-state index >= 15 is 0 Å². The van der Waals surface area contributed by atoms with E-state index in [1.165, 1.54) is 0 Å².